The van der Waals surface area contributed by atoms with Crippen molar-refractivity contribution in [3.63, 3.8) is 0 Å². The fraction of sp³-hybridized carbons (Fsp3) is 1.00. The third-order valence-electron chi connectivity index (χ3n) is 3.01. The van der Waals surface area contributed by atoms with E-state index in [0.29, 0.717) is 16.2 Å². The Morgan fingerprint density at radius 1 is 1.38 bits per heavy atom. The lowest BCUT2D eigenvalue weighted by molar-refractivity contribution is 0.230. The highest BCUT2D eigenvalue weighted by Gasteiger charge is 2.42. The lowest BCUT2D eigenvalue weighted by Gasteiger charge is -2.42. The van der Waals surface area contributed by atoms with Crippen LogP contribution < -0.4 is 5.32 Å². The zero-order valence-corrected chi connectivity index (χ0v) is 10.4. The maximum absolute atomic E-state index is 3.50. The maximum atomic E-state index is 3.50. The Labute approximate surface area is 87.1 Å². The van der Waals surface area contributed by atoms with Gasteiger partial charge in [0.15, 0.2) is 0 Å². The molecule has 1 N–H and O–H groups in total. The van der Waals surface area contributed by atoms with E-state index in [1.165, 1.54) is 18.6 Å². The van der Waals surface area contributed by atoms with E-state index in [0.717, 1.165) is 0 Å². The van der Waals surface area contributed by atoms with Crippen LogP contribution in [0.25, 0.3) is 0 Å². The molecule has 1 heterocycles. The molecule has 2 unspecified atom stereocenters. The van der Waals surface area contributed by atoms with Crippen LogP contribution in [0.1, 0.15) is 40.5 Å². The highest BCUT2D eigenvalue weighted by molar-refractivity contribution is 8.00. The van der Waals surface area contributed by atoms with Crippen molar-refractivity contribution in [1.82, 2.24) is 5.32 Å². The maximum Gasteiger partial charge on any atom is 0.0290 e. The molecule has 0 aromatic carbocycles. The first-order valence-corrected chi connectivity index (χ1v) is 6.20. The molecular formula is C11H23NS. The molecule has 1 aliphatic heterocycles. The Kier molecular flexibility index (Phi) is 3.34. The predicted octanol–water partition coefficient (Wildman–Crippen LogP) is 2.91. The lowest BCUT2D eigenvalue weighted by atomic mass is 9.77. The van der Waals surface area contributed by atoms with Gasteiger partial charge in [-0.15, -0.1) is 0 Å². The van der Waals surface area contributed by atoms with E-state index >= 15 is 0 Å². The summed E-state index contributed by atoms with van der Waals surface area (Å²) in [5, 5.41) is 3.50. The van der Waals surface area contributed by atoms with Crippen molar-refractivity contribution < 1.29 is 0 Å². The Hall–Kier alpha value is 0.310. The van der Waals surface area contributed by atoms with Crippen LogP contribution >= 0.6 is 11.8 Å². The van der Waals surface area contributed by atoms with Crippen molar-refractivity contribution in [2.24, 2.45) is 5.41 Å². The third kappa shape index (κ3) is 2.41. The molecule has 78 valence electrons. The number of thioether (sulfide) groups is 1. The second kappa shape index (κ2) is 3.82. The quantitative estimate of drug-likeness (QED) is 0.737. The molecule has 2 heteroatoms. The van der Waals surface area contributed by atoms with Gasteiger partial charge in [0, 0.05) is 10.8 Å². The molecule has 0 aromatic rings. The Morgan fingerprint density at radius 3 is 2.31 bits per heavy atom. The standard InChI is InChI=1S/C11H23NS/c1-10(2,3)9(12-5)11(4)7-6-8-13-11/h9,12H,6-8H2,1-5H3. The minimum Gasteiger partial charge on any atom is -0.315 e. The van der Waals surface area contributed by atoms with Crippen LogP contribution in [0.4, 0.5) is 0 Å². The van der Waals surface area contributed by atoms with Crippen LogP contribution in [-0.2, 0) is 0 Å². The van der Waals surface area contributed by atoms with Crippen LogP contribution in [0.3, 0.4) is 0 Å². The monoisotopic (exact) mass is 201 g/mol. The minimum atomic E-state index is 0.362. The fourth-order valence-corrected chi connectivity index (χ4v) is 4.36. The van der Waals surface area contributed by atoms with Gasteiger partial charge in [-0.1, -0.05) is 20.8 Å². The van der Waals surface area contributed by atoms with Gasteiger partial charge < -0.3 is 5.32 Å². The average molecular weight is 201 g/mol. The molecule has 0 bridgehead atoms. The Bertz CT molecular complexity index is 165. The molecule has 1 rings (SSSR count). The molecule has 0 aromatic heterocycles. The van der Waals surface area contributed by atoms with Crippen molar-refractivity contribution in [2.75, 3.05) is 12.8 Å². The number of nitrogens with one attached hydrogen (secondary N) is 1. The van der Waals surface area contributed by atoms with Crippen molar-refractivity contribution in [1.29, 1.82) is 0 Å². The van der Waals surface area contributed by atoms with Gasteiger partial charge in [-0.05, 0) is 38.0 Å². The first-order chi connectivity index (χ1) is 5.90. The number of hydrogen-bond donors (Lipinski definition) is 1. The molecular weight excluding hydrogens is 178 g/mol. The first-order valence-electron chi connectivity index (χ1n) is 5.21. The normalized spacial score (nSPS) is 32.1. The molecule has 0 saturated carbocycles. The zero-order chi connectivity index (χ0) is 10.1. The fourth-order valence-electron chi connectivity index (χ4n) is 2.68. The van der Waals surface area contributed by atoms with Crippen LogP contribution in [0, 0.1) is 5.41 Å². The zero-order valence-electron chi connectivity index (χ0n) is 9.61. The highest BCUT2D eigenvalue weighted by Crippen LogP contribution is 2.45. The summed E-state index contributed by atoms with van der Waals surface area (Å²) in [6.07, 6.45) is 2.75. The predicted molar refractivity (Wildman–Crippen MR) is 62.4 cm³/mol. The van der Waals surface area contributed by atoms with Crippen molar-refractivity contribution in [3.05, 3.63) is 0 Å². The van der Waals surface area contributed by atoms with Gasteiger partial charge >= 0.3 is 0 Å². The molecule has 0 amide bonds. The molecule has 1 saturated heterocycles. The summed E-state index contributed by atoms with van der Waals surface area (Å²) in [6, 6.07) is 0.618. The largest absolute Gasteiger partial charge is 0.315 e. The molecule has 1 fully saturated rings. The van der Waals surface area contributed by atoms with Gasteiger partial charge in [0.05, 0.1) is 0 Å². The van der Waals surface area contributed by atoms with Crippen molar-refractivity contribution in [2.45, 2.75) is 51.3 Å². The Balaban J connectivity index is 2.76. The summed E-state index contributed by atoms with van der Waals surface area (Å²) in [6.45, 7) is 9.41. The second-order valence-corrected chi connectivity index (χ2v) is 6.98. The van der Waals surface area contributed by atoms with Crippen LogP contribution in [0.15, 0.2) is 0 Å². The van der Waals surface area contributed by atoms with Crippen LogP contribution in [0.5, 0.6) is 0 Å². The van der Waals surface area contributed by atoms with Crippen molar-refractivity contribution in [3.8, 4) is 0 Å². The molecule has 0 spiro atoms. The molecule has 0 radical (unpaired) electrons. The summed E-state index contributed by atoms with van der Waals surface area (Å²) in [5.41, 5.74) is 0.362. The molecule has 1 nitrogen and oxygen atoms in total. The molecule has 13 heavy (non-hydrogen) atoms. The van der Waals surface area contributed by atoms with Crippen LogP contribution in [-0.4, -0.2) is 23.6 Å². The smallest absolute Gasteiger partial charge is 0.0290 e. The molecule has 2 atom stereocenters. The van der Waals surface area contributed by atoms with E-state index in [9.17, 15) is 0 Å². The Morgan fingerprint density at radius 2 is 2.00 bits per heavy atom. The minimum absolute atomic E-state index is 0.362. The van der Waals surface area contributed by atoms with Gasteiger partial charge in [0.25, 0.3) is 0 Å². The van der Waals surface area contributed by atoms with E-state index in [4.69, 9.17) is 0 Å². The summed E-state index contributed by atoms with van der Waals surface area (Å²) < 4.78 is 0.451. The summed E-state index contributed by atoms with van der Waals surface area (Å²) >= 11 is 2.14. The molecule has 1 aliphatic rings. The third-order valence-corrected chi connectivity index (χ3v) is 4.61. The summed E-state index contributed by atoms with van der Waals surface area (Å²) in [7, 11) is 2.10. The average Bonchev–Trinajstić information content (AvgIpc) is 2.34. The van der Waals surface area contributed by atoms with Gasteiger partial charge in [0.1, 0.15) is 0 Å². The van der Waals surface area contributed by atoms with Crippen LogP contribution in [0.2, 0.25) is 0 Å². The van der Waals surface area contributed by atoms with Gasteiger partial charge in [0.2, 0.25) is 0 Å². The van der Waals surface area contributed by atoms with E-state index in [1.54, 1.807) is 0 Å². The van der Waals surface area contributed by atoms with E-state index in [-0.39, 0.29) is 0 Å². The van der Waals surface area contributed by atoms with Gasteiger partial charge in [-0.2, -0.15) is 11.8 Å². The first kappa shape index (κ1) is 11.4. The summed E-state index contributed by atoms with van der Waals surface area (Å²) in [5.74, 6) is 1.34. The van der Waals surface area contributed by atoms with Crippen molar-refractivity contribution >= 4 is 11.8 Å². The second-order valence-electron chi connectivity index (χ2n) is 5.35. The van der Waals surface area contributed by atoms with E-state index in [2.05, 4.69) is 51.8 Å². The topological polar surface area (TPSA) is 12.0 Å². The number of hydrogen-bond acceptors (Lipinski definition) is 2. The highest BCUT2D eigenvalue weighted by atomic mass is 32.2. The number of rotatable bonds is 2. The van der Waals surface area contributed by atoms with Gasteiger partial charge in [-0.3, -0.25) is 0 Å². The SMILES string of the molecule is CNC(C(C)(C)C)C1(C)CCCS1. The lowest BCUT2D eigenvalue weighted by Crippen LogP contribution is -2.51. The van der Waals surface area contributed by atoms with E-state index in [1.807, 2.05) is 0 Å². The summed E-state index contributed by atoms with van der Waals surface area (Å²) in [4.78, 5) is 0. The van der Waals surface area contributed by atoms with E-state index < -0.39 is 0 Å². The van der Waals surface area contributed by atoms with Gasteiger partial charge in [-0.25, -0.2) is 0 Å². The molecule has 0 aliphatic carbocycles.